The molecule has 3 aromatic carbocycles. The van der Waals surface area contributed by atoms with Crippen molar-refractivity contribution in [3.63, 3.8) is 0 Å². The standard InChI is InChI=1S/C26H23Cl3F3NO2/c27-21-8-6-19(7-9-21)25(35-16-17-1-4-20(5-2-17)26(30,31)32)11-12-33-14-24(25)34-15-18-3-10-22(28)23(29)13-18/h1-10,13,24,33H,11-12,14-16H2/t24-,25-/m0/s1. The Bertz CT molecular complexity index is 1140. The lowest BCUT2D eigenvalue weighted by atomic mass is 9.82. The third-order valence-corrected chi connectivity index (χ3v) is 7.06. The van der Waals surface area contributed by atoms with Gasteiger partial charge in [-0.2, -0.15) is 13.2 Å². The van der Waals surface area contributed by atoms with Gasteiger partial charge in [0.15, 0.2) is 0 Å². The van der Waals surface area contributed by atoms with Gasteiger partial charge >= 0.3 is 6.18 Å². The Kier molecular flexibility index (Phi) is 8.31. The third kappa shape index (κ3) is 6.31. The molecule has 0 saturated carbocycles. The van der Waals surface area contributed by atoms with Gasteiger partial charge in [-0.1, -0.05) is 65.1 Å². The molecule has 0 spiro atoms. The zero-order valence-corrected chi connectivity index (χ0v) is 20.8. The first-order chi connectivity index (χ1) is 16.7. The molecule has 0 aliphatic carbocycles. The van der Waals surface area contributed by atoms with Crippen molar-refractivity contribution in [2.24, 2.45) is 0 Å². The number of benzene rings is 3. The Morgan fingerprint density at radius 1 is 0.857 bits per heavy atom. The highest BCUT2D eigenvalue weighted by Gasteiger charge is 2.44. The molecule has 2 atom stereocenters. The molecule has 1 aliphatic rings. The molecule has 1 heterocycles. The Morgan fingerprint density at radius 2 is 1.54 bits per heavy atom. The van der Waals surface area contributed by atoms with Crippen molar-refractivity contribution in [1.82, 2.24) is 5.32 Å². The Hall–Kier alpha value is -1.80. The summed E-state index contributed by atoms with van der Waals surface area (Å²) in [6, 6.07) is 17.7. The zero-order chi connectivity index (χ0) is 25.1. The fraction of sp³-hybridized carbons (Fsp3) is 0.308. The van der Waals surface area contributed by atoms with Crippen LogP contribution in [0.2, 0.25) is 15.1 Å². The summed E-state index contributed by atoms with van der Waals surface area (Å²) in [4.78, 5) is 0. The van der Waals surface area contributed by atoms with Crippen LogP contribution in [0, 0.1) is 0 Å². The number of hydrogen-bond donors (Lipinski definition) is 1. The van der Waals surface area contributed by atoms with Crippen LogP contribution in [0.1, 0.15) is 28.7 Å². The number of halogens is 6. The van der Waals surface area contributed by atoms with Gasteiger partial charge in [0, 0.05) is 11.6 Å². The highest BCUT2D eigenvalue weighted by Crippen LogP contribution is 2.39. The summed E-state index contributed by atoms with van der Waals surface area (Å²) in [5, 5.41) is 4.84. The van der Waals surface area contributed by atoms with Gasteiger partial charge in [-0.25, -0.2) is 0 Å². The molecule has 9 heteroatoms. The van der Waals surface area contributed by atoms with Crippen molar-refractivity contribution in [2.75, 3.05) is 13.1 Å². The van der Waals surface area contributed by atoms with E-state index in [1.807, 2.05) is 18.2 Å². The summed E-state index contributed by atoms with van der Waals surface area (Å²) in [6.07, 6.45) is -4.18. The molecule has 3 aromatic rings. The minimum Gasteiger partial charge on any atom is -0.369 e. The van der Waals surface area contributed by atoms with Gasteiger partial charge in [0.1, 0.15) is 11.7 Å². The molecule has 0 radical (unpaired) electrons. The average Bonchev–Trinajstić information content (AvgIpc) is 2.84. The molecule has 0 amide bonds. The minimum absolute atomic E-state index is 0.118. The fourth-order valence-electron chi connectivity index (χ4n) is 4.17. The van der Waals surface area contributed by atoms with Crippen LogP contribution in [0.15, 0.2) is 66.7 Å². The first-order valence-corrected chi connectivity index (χ1v) is 12.1. The van der Waals surface area contributed by atoms with Crippen molar-refractivity contribution in [1.29, 1.82) is 0 Å². The maximum atomic E-state index is 13.0. The summed E-state index contributed by atoms with van der Waals surface area (Å²) >= 11 is 18.3. The van der Waals surface area contributed by atoms with E-state index in [1.54, 1.807) is 24.3 Å². The van der Waals surface area contributed by atoms with Gasteiger partial charge in [-0.3, -0.25) is 0 Å². The molecule has 1 fully saturated rings. The Balaban J connectivity index is 1.59. The molecule has 186 valence electrons. The zero-order valence-electron chi connectivity index (χ0n) is 18.5. The molecule has 1 aliphatic heterocycles. The first-order valence-electron chi connectivity index (χ1n) is 11.0. The lowest BCUT2D eigenvalue weighted by molar-refractivity contribution is -0.176. The molecule has 0 unspecified atom stereocenters. The van der Waals surface area contributed by atoms with Gasteiger partial charge < -0.3 is 14.8 Å². The minimum atomic E-state index is -4.39. The maximum Gasteiger partial charge on any atom is 0.416 e. The van der Waals surface area contributed by atoms with E-state index in [2.05, 4.69) is 5.32 Å². The number of rotatable bonds is 7. The van der Waals surface area contributed by atoms with Crippen LogP contribution in [0.4, 0.5) is 13.2 Å². The summed E-state index contributed by atoms with van der Waals surface area (Å²) in [5.74, 6) is 0. The number of piperidine rings is 1. The Morgan fingerprint density at radius 3 is 2.20 bits per heavy atom. The first kappa shape index (κ1) is 26.3. The van der Waals surface area contributed by atoms with E-state index in [0.717, 1.165) is 23.3 Å². The van der Waals surface area contributed by atoms with Crippen LogP contribution in [0.5, 0.6) is 0 Å². The normalized spacial score (nSPS) is 20.7. The fourth-order valence-corrected chi connectivity index (χ4v) is 4.61. The van der Waals surface area contributed by atoms with Crippen LogP contribution in [-0.2, 0) is 34.5 Å². The summed E-state index contributed by atoms with van der Waals surface area (Å²) in [7, 11) is 0. The van der Waals surface area contributed by atoms with Crippen molar-refractivity contribution >= 4 is 34.8 Å². The number of alkyl halides is 3. The van der Waals surface area contributed by atoms with Crippen LogP contribution < -0.4 is 5.32 Å². The monoisotopic (exact) mass is 543 g/mol. The van der Waals surface area contributed by atoms with Crippen molar-refractivity contribution in [3.05, 3.63) is 104 Å². The quantitative estimate of drug-likeness (QED) is 0.331. The van der Waals surface area contributed by atoms with E-state index < -0.39 is 17.3 Å². The molecule has 4 rings (SSSR count). The Labute approximate surface area is 217 Å². The van der Waals surface area contributed by atoms with Gasteiger partial charge in [0.2, 0.25) is 0 Å². The SMILES string of the molecule is FC(F)(F)c1ccc(CO[C@]2(c3ccc(Cl)cc3)CCNC[C@@H]2OCc2ccc(Cl)c(Cl)c2)cc1. The highest BCUT2D eigenvalue weighted by molar-refractivity contribution is 6.42. The predicted octanol–water partition coefficient (Wildman–Crippen LogP) is 7.66. The second kappa shape index (κ2) is 11.1. The van der Waals surface area contributed by atoms with Gasteiger partial charge in [0.05, 0.1) is 28.8 Å². The lowest BCUT2D eigenvalue weighted by Crippen LogP contribution is -2.54. The molecular weight excluding hydrogens is 522 g/mol. The summed E-state index contributed by atoms with van der Waals surface area (Å²) in [5.41, 5.74) is 0.841. The summed E-state index contributed by atoms with van der Waals surface area (Å²) in [6.45, 7) is 1.61. The number of nitrogens with one attached hydrogen (secondary N) is 1. The van der Waals surface area contributed by atoms with E-state index in [0.29, 0.717) is 40.1 Å². The third-order valence-electron chi connectivity index (χ3n) is 6.07. The topological polar surface area (TPSA) is 30.5 Å². The van der Waals surface area contributed by atoms with E-state index in [1.165, 1.54) is 12.1 Å². The molecule has 35 heavy (non-hydrogen) atoms. The molecule has 1 saturated heterocycles. The lowest BCUT2D eigenvalue weighted by Gasteiger charge is -2.44. The van der Waals surface area contributed by atoms with Crippen LogP contribution >= 0.6 is 34.8 Å². The highest BCUT2D eigenvalue weighted by atomic mass is 35.5. The van der Waals surface area contributed by atoms with Crippen LogP contribution in [-0.4, -0.2) is 19.2 Å². The smallest absolute Gasteiger partial charge is 0.369 e. The van der Waals surface area contributed by atoms with E-state index in [9.17, 15) is 13.2 Å². The van der Waals surface area contributed by atoms with E-state index in [-0.39, 0.29) is 19.3 Å². The molecule has 0 bridgehead atoms. The van der Waals surface area contributed by atoms with Crippen molar-refractivity contribution < 1.29 is 22.6 Å². The molecular formula is C26H23Cl3F3NO2. The summed E-state index contributed by atoms with van der Waals surface area (Å²) < 4.78 is 51.7. The van der Waals surface area contributed by atoms with Crippen molar-refractivity contribution in [3.8, 4) is 0 Å². The second-order valence-electron chi connectivity index (χ2n) is 8.38. The average molecular weight is 545 g/mol. The predicted molar refractivity (Wildman–Crippen MR) is 132 cm³/mol. The number of hydrogen-bond acceptors (Lipinski definition) is 3. The van der Waals surface area contributed by atoms with Gasteiger partial charge in [0.25, 0.3) is 0 Å². The van der Waals surface area contributed by atoms with Crippen LogP contribution in [0.3, 0.4) is 0 Å². The van der Waals surface area contributed by atoms with Gasteiger partial charge in [-0.15, -0.1) is 0 Å². The maximum absolute atomic E-state index is 13.0. The van der Waals surface area contributed by atoms with Gasteiger partial charge in [-0.05, 0) is 66.1 Å². The van der Waals surface area contributed by atoms with Crippen LogP contribution in [0.25, 0.3) is 0 Å². The second-order valence-corrected chi connectivity index (χ2v) is 9.63. The molecule has 1 N–H and O–H groups in total. The van der Waals surface area contributed by atoms with Crippen molar-refractivity contribution in [2.45, 2.75) is 37.5 Å². The largest absolute Gasteiger partial charge is 0.416 e. The molecule has 0 aromatic heterocycles. The molecule has 3 nitrogen and oxygen atoms in total. The number of ether oxygens (including phenoxy) is 2. The van der Waals surface area contributed by atoms with E-state index in [4.69, 9.17) is 44.3 Å². The van der Waals surface area contributed by atoms with E-state index >= 15 is 0 Å².